The van der Waals surface area contributed by atoms with Gasteiger partial charge in [0.25, 0.3) is 0 Å². The number of sulfonamides is 1. The van der Waals surface area contributed by atoms with Crippen LogP contribution in [0.2, 0.25) is 5.02 Å². The minimum Gasteiger partial charge on any atom is -0.352 e. The lowest BCUT2D eigenvalue weighted by Gasteiger charge is -2.34. The van der Waals surface area contributed by atoms with Crippen molar-refractivity contribution in [1.29, 1.82) is 0 Å². The van der Waals surface area contributed by atoms with Gasteiger partial charge in [0.05, 0.1) is 11.9 Å². The lowest BCUT2D eigenvalue weighted by Crippen LogP contribution is -2.54. The Hall–Kier alpha value is -2.58. The van der Waals surface area contributed by atoms with Crippen LogP contribution in [0.1, 0.15) is 62.1 Å². The third-order valence-corrected chi connectivity index (χ3v) is 8.66. The molecule has 7 nitrogen and oxygen atoms in total. The maximum Gasteiger partial charge on any atom is 0.244 e. The van der Waals surface area contributed by atoms with E-state index >= 15 is 0 Å². The number of halogens is 1. The van der Waals surface area contributed by atoms with Crippen LogP contribution in [0.4, 0.5) is 5.69 Å². The molecule has 1 atom stereocenters. The Kier molecular flexibility index (Phi) is 10.0. The number of rotatable bonds is 10. The molecule has 0 aromatic heterocycles. The summed E-state index contributed by atoms with van der Waals surface area (Å²) in [6.45, 7) is 5.32. The highest BCUT2D eigenvalue weighted by atomic mass is 35.5. The van der Waals surface area contributed by atoms with Crippen molar-refractivity contribution < 1.29 is 18.0 Å². The maximum atomic E-state index is 13.9. The zero-order valence-corrected chi connectivity index (χ0v) is 23.7. The fourth-order valence-corrected chi connectivity index (χ4v) is 5.97. The fourth-order valence-electron chi connectivity index (χ4n) is 4.90. The normalized spacial score (nSPS) is 15.2. The summed E-state index contributed by atoms with van der Waals surface area (Å²) in [5.41, 5.74) is 2.81. The Bertz CT molecular complexity index is 1210. The van der Waals surface area contributed by atoms with Crippen LogP contribution in [-0.2, 0) is 26.2 Å². The number of hydrogen-bond donors (Lipinski definition) is 1. The molecule has 9 heteroatoms. The van der Waals surface area contributed by atoms with Gasteiger partial charge in [0, 0.05) is 17.6 Å². The summed E-state index contributed by atoms with van der Waals surface area (Å²) in [7, 11) is -3.82. The van der Waals surface area contributed by atoms with Gasteiger partial charge in [-0.15, -0.1) is 0 Å². The van der Waals surface area contributed by atoms with Crippen molar-refractivity contribution in [2.45, 2.75) is 77.9 Å². The Morgan fingerprint density at radius 2 is 1.73 bits per heavy atom. The second-order valence-electron chi connectivity index (χ2n) is 9.87. The van der Waals surface area contributed by atoms with Gasteiger partial charge in [-0.2, -0.15) is 0 Å². The summed E-state index contributed by atoms with van der Waals surface area (Å²) in [6.07, 6.45) is 6.68. The zero-order valence-electron chi connectivity index (χ0n) is 22.2. The molecule has 3 rings (SSSR count). The molecule has 37 heavy (non-hydrogen) atoms. The van der Waals surface area contributed by atoms with Gasteiger partial charge >= 0.3 is 0 Å². The highest BCUT2D eigenvalue weighted by Gasteiger charge is 2.33. The molecule has 0 spiro atoms. The molecule has 0 bridgehead atoms. The standard InChI is InChI=1S/C28H38ClN3O4S/c1-5-25(28(34)30-23-14-7-6-8-15-23)31(18-22-13-10-9-12-20(22)2)27(33)19-32(37(4,35)36)26-17-11-16-24(29)21(26)3/h9-13,16-17,23,25H,5-8,14-15,18-19H2,1-4H3,(H,30,34). The molecule has 2 aromatic rings. The maximum absolute atomic E-state index is 13.9. The molecule has 2 amide bonds. The van der Waals surface area contributed by atoms with Gasteiger partial charge in [-0.3, -0.25) is 13.9 Å². The quantitative estimate of drug-likeness (QED) is 0.454. The van der Waals surface area contributed by atoms with Crippen molar-refractivity contribution in [2.24, 2.45) is 0 Å². The summed E-state index contributed by atoms with van der Waals surface area (Å²) in [4.78, 5) is 28.9. The number of carbonyl (C=O) groups excluding carboxylic acids is 2. The summed E-state index contributed by atoms with van der Waals surface area (Å²) >= 11 is 6.27. The molecule has 1 aliphatic carbocycles. The first-order chi connectivity index (χ1) is 17.5. The third kappa shape index (κ3) is 7.48. The molecular formula is C28H38ClN3O4S. The van der Waals surface area contributed by atoms with Crippen LogP contribution in [0.3, 0.4) is 0 Å². The summed E-state index contributed by atoms with van der Waals surface area (Å²) < 4.78 is 26.7. The molecule has 1 N–H and O–H groups in total. The number of benzene rings is 2. The first-order valence-corrected chi connectivity index (χ1v) is 15.1. The molecule has 1 aliphatic rings. The number of amides is 2. The molecule has 0 aliphatic heterocycles. The van der Waals surface area contributed by atoms with E-state index in [1.54, 1.807) is 25.1 Å². The van der Waals surface area contributed by atoms with Crippen LogP contribution in [0.15, 0.2) is 42.5 Å². The van der Waals surface area contributed by atoms with Gasteiger partial charge in [0.15, 0.2) is 0 Å². The van der Waals surface area contributed by atoms with Crippen LogP contribution in [-0.4, -0.2) is 50.0 Å². The van der Waals surface area contributed by atoms with Crippen molar-refractivity contribution in [1.82, 2.24) is 10.2 Å². The first-order valence-electron chi connectivity index (χ1n) is 12.9. The van der Waals surface area contributed by atoms with Crippen molar-refractivity contribution in [2.75, 3.05) is 17.1 Å². The molecular weight excluding hydrogens is 510 g/mol. The summed E-state index contributed by atoms with van der Waals surface area (Å²) in [6, 6.07) is 12.0. The van der Waals surface area contributed by atoms with E-state index in [1.165, 1.54) is 11.3 Å². The highest BCUT2D eigenvalue weighted by Crippen LogP contribution is 2.29. The van der Waals surface area contributed by atoms with Gasteiger partial charge < -0.3 is 10.2 Å². The Morgan fingerprint density at radius 3 is 2.35 bits per heavy atom. The van der Waals surface area contributed by atoms with Gasteiger partial charge in [-0.1, -0.05) is 68.1 Å². The smallest absolute Gasteiger partial charge is 0.244 e. The largest absolute Gasteiger partial charge is 0.352 e. The van der Waals surface area contributed by atoms with Crippen molar-refractivity contribution in [3.8, 4) is 0 Å². The van der Waals surface area contributed by atoms with Crippen LogP contribution >= 0.6 is 11.6 Å². The Labute approximate surface area is 226 Å². The van der Waals surface area contributed by atoms with Crippen LogP contribution < -0.4 is 9.62 Å². The lowest BCUT2D eigenvalue weighted by molar-refractivity contribution is -0.140. The Morgan fingerprint density at radius 1 is 1.05 bits per heavy atom. The van der Waals surface area contributed by atoms with E-state index in [2.05, 4.69) is 5.32 Å². The van der Waals surface area contributed by atoms with Crippen molar-refractivity contribution in [3.63, 3.8) is 0 Å². The minimum atomic E-state index is -3.82. The van der Waals surface area contributed by atoms with Gasteiger partial charge in [0.2, 0.25) is 21.8 Å². The van der Waals surface area contributed by atoms with Gasteiger partial charge in [0.1, 0.15) is 12.6 Å². The van der Waals surface area contributed by atoms with Gasteiger partial charge in [-0.05, 0) is 61.9 Å². The number of nitrogens with zero attached hydrogens (tertiary/aromatic N) is 2. The van der Waals surface area contributed by atoms with Crippen molar-refractivity contribution in [3.05, 3.63) is 64.2 Å². The van der Waals surface area contributed by atoms with E-state index in [9.17, 15) is 18.0 Å². The highest BCUT2D eigenvalue weighted by molar-refractivity contribution is 7.92. The average molecular weight is 548 g/mol. The van der Waals surface area contributed by atoms with E-state index in [4.69, 9.17) is 11.6 Å². The van der Waals surface area contributed by atoms with E-state index < -0.39 is 28.5 Å². The predicted molar refractivity (Wildman–Crippen MR) is 149 cm³/mol. The molecule has 0 radical (unpaired) electrons. The molecule has 202 valence electrons. The summed E-state index contributed by atoms with van der Waals surface area (Å²) in [5, 5.41) is 3.57. The van der Waals surface area contributed by atoms with Crippen molar-refractivity contribution >= 4 is 39.1 Å². The number of carbonyl (C=O) groups is 2. The number of aryl methyl sites for hydroxylation is 1. The fraction of sp³-hybridized carbons (Fsp3) is 0.500. The molecule has 0 heterocycles. The third-order valence-electron chi connectivity index (χ3n) is 7.13. The second-order valence-corrected chi connectivity index (χ2v) is 12.2. The summed E-state index contributed by atoms with van der Waals surface area (Å²) in [5.74, 6) is -0.639. The van der Waals surface area contributed by atoms with E-state index in [0.717, 1.165) is 47.4 Å². The average Bonchev–Trinajstić information content (AvgIpc) is 2.85. The minimum absolute atomic E-state index is 0.104. The molecule has 1 saturated carbocycles. The molecule has 0 saturated heterocycles. The monoisotopic (exact) mass is 547 g/mol. The number of nitrogens with one attached hydrogen (secondary N) is 1. The number of anilines is 1. The van der Waals surface area contributed by atoms with Crippen LogP contribution in [0, 0.1) is 13.8 Å². The topological polar surface area (TPSA) is 86.8 Å². The number of hydrogen-bond acceptors (Lipinski definition) is 4. The molecule has 1 unspecified atom stereocenters. The predicted octanol–water partition coefficient (Wildman–Crippen LogP) is 4.98. The van der Waals surface area contributed by atoms with E-state index in [0.29, 0.717) is 22.7 Å². The van der Waals surface area contributed by atoms with Crippen LogP contribution in [0.25, 0.3) is 0 Å². The molecule has 2 aromatic carbocycles. The van der Waals surface area contributed by atoms with E-state index in [-0.39, 0.29) is 18.5 Å². The lowest BCUT2D eigenvalue weighted by atomic mass is 9.95. The van der Waals surface area contributed by atoms with Crippen LogP contribution in [0.5, 0.6) is 0 Å². The second kappa shape index (κ2) is 12.8. The first kappa shape index (κ1) is 29.0. The SMILES string of the molecule is CCC(C(=O)NC1CCCCC1)N(Cc1ccccc1C)C(=O)CN(c1cccc(Cl)c1C)S(C)(=O)=O. The Balaban J connectivity index is 1.95. The van der Waals surface area contributed by atoms with Gasteiger partial charge in [-0.25, -0.2) is 8.42 Å². The zero-order chi connectivity index (χ0) is 27.2. The van der Waals surface area contributed by atoms with E-state index in [1.807, 2.05) is 38.1 Å². The molecule has 1 fully saturated rings.